The summed E-state index contributed by atoms with van der Waals surface area (Å²) in [4.78, 5) is 12.2. The van der Waals surface area contributed by atoms with Crippen LogP contribution in [0.5, 0.6) is 0 Å². The number of rotatable bonds is 5. The number of benzene rings is 3. The third kappa shape index (κ3) is 4.52. The van der Waals surface area contributed by atoms with Gasteiger partial charge >= 0.3 is 0 Å². The Morgan fingerprint density at radius 2 is 1.54 bits per heavy atom. The quantitative estimate of drug-likeness (QED) is 0.667. The summed E-state index contributed by atoms with van der Waals surface area (Å²) < 4.78 is 53.6. The molecule has 0 atom stereocenters. The van der Waals surface area contributed by atoms with Crippen LogP contribution >= 0.6 is 0 Å². The minimum Gasteiger partial charge on any atom is -0.319 e. The van der Waals surface area contributed by atoms with Crippen molar-refractivity contribution in [1.82, 2.24) is 0 Å². The Bertz CT molecular complexity index is 1110. The van der Waals surface area contributed by atoms with Crippen molar-refractivity contribution in [2.75, 3.05) is 10.0 Å². The summed E-state index contributed by atoms with van der Waals surface area (Å²) >= 11 is 0. The maximum Gasteiger partial charge on any atom is 0.261 e. The summed E-state index contributed by atoms with van der Waals surface area (Å²) in [5.41, 5.74) is 1.31. The van der Waals surface area contributed by atoms with E-state index in [1.165, 1.54) is 36.4 Å². The molecule has 8 heteroatoms. The number of hydrogen-bond donors (Lipinski definition) is 2. The van der Waals surface area contributed by atoms with Gasteiger partial charge in [0, 0.05) is 11.3 Å². The van der Waals surface area contributed by atoms with Gasteiger partial charge in [-0.1, -0.05) is 6.07 Å². The molecule has 0 bridgehead atoms. The average molecular weight is 402 g/mol. The highest BCUT2D eigenvalue weighted by molar-refractivity contribution is 7.92. The topological polar surface area (TPSA) is 75.3 Å². The van der Waals surface area contributed by atoms with Crippen LogP contribution in [0, 0.1) is 18.6 Å². The van der Waals surface area contributed by atoms with Gasteiger partial charge in [-0.05, 0) is 73.2 Å². The molecule has 1 amide bonds. The first-order valence-electron chi connectivity index (χ1n) is 8.20. The number of anilines is 2. The van der Waals surface area contributed by atoms with Crippen LogP contribution in [-0.4, -0.2) is 14.3 Å². The Labute approximate surface area is 161 Å². The Morgan fingerprint density at radius 1 is 0.893 bits per heavy atom. The summed E-state index contributed by atoms with van der Waals surface area (Å²) in [7, 11) is -3.89. The van der Waals surface area contributed by atoms with Gasteiger partial charge in [-0.2, -0.15) is 0 Å². The molecule has 144 valence electrons. The lowest BCUT2D eigenvalue weighted by atomic mass is 10.1. The maximum absolute atomic E-state index is 13.8. The highest BCUT2D eigenvalue weighted by Gasteiger charge is 2.15. The van der Waals surface area contributed by atoms with Crippen LogP contribution in [-0.2, 0) is 10.0 Å². The number of nitrogens with one attached hydrogen (secondary N) is 2. The fourth-order valence-electron chi connectivity index (χ4n) is 2.45. The molecule has 0 radical (unpaired) electrons. The van der Waals surface area contributed by atoms with Crippen molar-refractivity contribution in [3.05, 3.63) is 89.5 Å². The van der Waals surface area contributed by atoms with Crippen LogP contribution in [0.2, 0.25) is 0 Å². The molecule has 28 heavy (non-hydrogen) atoms. The number of aryl methyl sites for hydroxylation is 1. The van der Waals surface area contributed by atoms with Crippen molar-refractivity contribution in [1.29, 1.82) is 0 Å². The molecule has 3 rings (SSSR count). The predicted molar refractivity (Wildman–Crippen MR) is 103 cm³/mol. The molecule has 0 saturated heterocycles. The smallest absolute Gasteiger partial charge is 0.261 e. The van der Waals surface area contributed by atoms with E-state index in [0.29, 0.717) is 0 Å². The molecule has 0 aliphatic carbocycles. The first-order valence-corrected chi connectivity index (χ1v) is 9.69. The number of halogens is 2. The van der Waals surface area contributed by atoms with Gasteiger partial charge < -0.3 is 5.32 Å². The Kier molecular flexibility index (Phi) is 5.41. The van der Waals surface area contributed by atoms with E-state index in [1.807, 2.05) is 0 Å². The van der Waals surface area contributed by atoms with Gasteiger partial charge in [0.1, 0.15) is 11.6 Å². The average Bonchev–Trinajstić information content (AvgIpc) is 2.65. The van der Waals surface area contributed by atoms with E-state index in [9.17, 15) is 22.0 Å². The van der Waals surface area contributed by atoms with Crippen LogP contribution < -0.4 is 10.0 Å². The lowest BCUT2D eigenvalue weighted by Crippen LogP contribution is -2.14. The first-order chi connectivity index (χ1) is 13.2. The Hall–Kier alpha value is -3.26. The summed E-state index contributed by atoms with van der Waals surface area (Å²) in [6.07, 6.45) is 0. The van der Waals surface area contributed by atoms with Crippen LogP contribution in [0.15, 0.2) is 71.6 Å². The second kappa shape index (κ2) is 7.77. The molecule has 0 spiro atoms. The monoisotopic (exact) mass is 402 g/mol. The molecular weight excluding hydrogens is 386 g/mol. The fourth-order valence-corrected chi connectivity index (χ4v) is 3.51. The molecule has 0 aliphatic heterocycles. The zero-order valence-electron chi connectivity index (χ0n) is 14.7. The summed E-state index contributed by atoms with van der Waals surface area (Å²) in [5.74, 6) is -1.63. The first kappa shape index (κ1) is 19.5. The number of sulfonamides is 1. The van der Waals surface area contributed by atoms with E-state index >= 15 is 0 Å². The second-order valence-corrected chi connectivity index (χ2v) is 7.76. The largest absolute Gasteiger partial charge is 0.319 e. The second-order valence-electron chi connectivity index (χ2n) is 6.07. The van der Waals surface area contributed by atoms with Crippen LogP contribution in [0.1, 0.15) is 15.9 Å². The van der Waals surface area contributed by atoms with Crippen molar-refractivity contribution in [2.45, 2.75) is 11.8 Å². The molecule has 2 N–H and O–H groups in total. The molecule has 0 heterocycles. The Balaban J connectivity index is 1.73. The SMILES string of the molecule is Cc1ccc(F)c(NC(=O)c2ccc(NS(=O)(=O)c3ccc(F)cc3)cc2)c1. The van der Waals surface area contributed by atoms with Gasteiger partial charge in [0.05, 0.1) is 10.6 Å². The van der Waals surface area contributed by atoms with E-state index < -0.39 is 27.6 Å². The third-order valence-electron chi connectivity index (χ3n) is 3.89. The summed E-state index contributed by atoms with van der Waals surface area (Å²) in [5, 5.41) is 2.48. The summed E-state index contributed by atoms with van der Waals surface area (Å²) in [6.45, 7) is 1.77. The van der Waals surface area contributed by atoms with Crippen molar-refractivity contribution >= 4 is 27.3 Å². The molecule has 0 unspecified atom stereocenters. The van der Waals surface area contributed by atoms with Gasteiger partial charge in [-0.25, -0.2) is 17.2 Å². The van der Waals surface area contributed by atoms with Crippen molar-refractivity contribution in [2.24, 2.45) is 0 Å². The van der Waals surface area contributed by atoms with Crippen molar-refractivity contribution in [3.63, 3.8) is 0 Å². The van der Waals surface area contributed by atoms with Gasteiger partial charge in [0.2, 0.25) is 0 Å². The predicted octanol–water partition coefficient (Wildman–Crippen LogP) is 4.33. The van der Waals surface area contributed by atoms with Crippen molar-refractivity contribution in [3.8, 4) is 0 Å². The van der Waals surface area contributed by atoms with E-state index in [2.05, 4.69) is 10.0 Å². The molecular formula is C20H16F2N2O3S. The molecule has 5 nitrogen and oxygen atoms in total. The molecule has 0 aromatic heterocycles. The number of carbonyl (C=O) groups excluding carboxylic acids is 1. The standard InChI is InChI=1S/C20H16F2N2O3S/c1-13-2-11-18(22)19(12-13)23-20(25)14-3-7-16(8-4-14)24-28(26,27)17-9-5-15(21)6-10-17/h2-12,24H,1H3,(H,23,25). The normalized spacial score (nSPS) is 11.1. The minimum atomic E-state index is -3.89. The highest BCUT2D eigenvalue weighted by atomic mass is 32.2. The van der Waals surface area contributed by atoms with Gasteiger partial charge in [0.25, 0.3) is 15.9 Å². The molecule has 0 aliphatic rings. The van der Waals surface area contributed by atoms with E-state index in [4.69, 9.17) is 0 Å². The van der Waals surface area contributed by atoms with Crippen LogP contribution in [0.4, 0.5) is 20.2 Å². The minimum absolute atomic E-state index is 0.0612. The maximum atomic E-state index is 13.8. The van der Waals surface area contributed by atoms with Crippen molar-refractivity contribution < 1.29 is 22.0 Å². The zero-order valence-corrected chi connectivity index (χ0v) is 15.6. The molecule has 3 aromatic carbocycles. The molecule has 3 aromatic rings. The lowest BCUT2D eigenvalue weighted by molar-refractivity contribution is 0.102. The van der Waals surface area contributed by atoms with Gasteiger partial charge in [0.15, 0.2) is 0 Å². The number of hydrogen-bond acceptors (Lipinski definition) is 3. The zero-order chi connectivity index (χ0) is 20.3. The third-order valence-corrected chi connectivity index (χ3v) is 5.29. The van der Waals surface area contributed by atoms with Gasteiger partial charge in [-0.15, -0.1) is 0 Å². The highest BCUT2D eigenvalue weighted by Crippen LogP contribution is 2.19. The fraction of sp³-hybridized carbons (Fsp3) is 0.0500. The number of carbonyl (C=O) groups is 1. The van der Waals surface area contributed by atoms with Gasteiger partial charge in [-0.3, -0.25) is 9.52 Å². The van der Waals surface area contributed by atoms with E-state index in [1.54, 1.807) is 13.0 Å². The van der Waals surface area contributed by atoms with E-state index in [-0.39, 0.29) is 21.8 Å². The van der Waals surface area contributed by atoms with E-state index in [0.717, 1.165) is 29.8 Å². The molecule has 0 saturated carbocycles. The molecule has 0 fully saturated rings. The van der Waals surface area contributed by atoms with Crippen LogP contribution in [0.25, 0.3) is 0 Å². The summed E-state index contributed by atoms with van der Waals surface area (Å²) in [6, 6.07) is 14.4. The number of amides is 1. The van der Waals surface area contributed by atoms with Crippen LogP contribution in [0.3, 0.4) is 0 Å². The Morgan fingerprint density at radius 3 is 2.18 bits per heavy atom. The lowest BCUT2D eigenvalue weighted by Gasteiger charge is -2.10.